The molecule has 0 aliphatic heterocycles. The van der Waals surface area contributed by atoms with E-state index in [1.54, 1.807) is 19.1 Å². The normalized spacial score (nSPS) is 24.1. The Morgan fingerprint density at radius 2 is 2.12 bits per heavy atom. The van der Waals surface area contributed by atoms with E-state index in [2.05, 4.69) is 11.9 Å². The second-order valence-corrected chi connectivity index (χ2v) is 8.83. The molecule has 2 atom stereocenters. The molecule has 1 rings (SSSR count). The first-order chi connectivity index (χ1) is 7.71. The Morgan fingerprint density at radius 3 is 2.53 bits per heavy atom. The summed E-state index contributed by atoms with van der Waals surface area (Å²) in [5.74, 6) is -0.288. The molecule has 0 heterocycles. The van der Waals surface area contributed by atoms with Crippen LogP contribution < -0.4 is 5.32 Å². The Labute approximate surface area is 113 Å². The summed E-state index contributed by atoms with van der Waals surface area (Å²) in [5.41, 5.74) is 0.432. The van der Waals surface area contributed by atoms with E-state index in [0.717, 1.165) is 0 Å². The summed E-state index contributed by atoms with van der Waals surface area (Å²) in [6, 6.07) is -0.193. The van der Waals surface area contributed by atoms with Crippen molar-refractivity contribution < 1.29 is 13.2 Å². The van der Waals surface area contributed by atoms with Gasteiger partial charge in [0.25, 0.3) is 0 Å². The molecule has 1 aliphatic rings. The monoisotopic (exact) mass is 367 g/mol. The average Bonchev–Trinajstić information content (AvgIpc) is 2.19. The van der Waals surface area contributed by atoms with Crippen LogP contribution in [0.4, 0.5) is 0 Å². The number of amides is 1. The van der Waals surface area contributed by atoms with Crippen molar-refractivity contribution >= 4 is 34.1 Å². The van der Waals surface area contributed by atoms with Gasteiger partial charge in [-0.3, -0.25) is 4.79 Å². The van der Waals surface area contributed by atoms with Crippen molar-refractivity contribution in [2.24, 2.45) is 5.92 Å². The van der Waals surface area contributed by atoms with Gasteiger partial charge < -0.3 is 5.32 Å². The number of allylic oxidation sites excluding steroid dienone is 1. The van der Waals surface area contributed by atoms with E-state index < -0.39 is 7.01 Å². The highest BCUT2D eigenvalue weighted by atomic mass is 127. The van der Waals surface area contributed by atoms with Gasteiger partial charge in [0.05, 0.1) is 32.2 Å². The van der Waals surface area contributed by atoms with E-state index in [1.807, 2.05) is 6.92 Å². The van der Waals surface area contributed by atoms with Gasteiger partial charge in [0, 0.05) is 5.57 Å². The predicted octanol–water partition coefficient (Wildman–Crippen LogP) is 1.90. The van der Waals surface area contributed by atoms with E-state index in [9.17, 15) is 13.2 Å². The second-order valence-electron chi connectivity index (χ2n) is 4.00. The Bertz CT molecular complexity index is 505. The molecule has 6 heteroatoms. The van der Waals surface area contributed by atoms with Crippen LogP contribution in [0.3, 0.4) is 0 Å². The molecule has 4 nitrogen and oxygen atoms in total. The Hall–Kier alpha value is -0.630. The first-order valence-electron chi connectivity index (χ1n) is 5.03. The molecule has 0 aromatic heterocycles. The lowest BCUT2D eigenvalue weighted by Gasteiger charge is -2.23. The molecule has 0 aromatic carbocycles. The molecule has 94 valence electrons. The third kappa shape index (κ3) is 3.95. The molecule has 17 heavy (non-hydrogen) atoms. The van der Waals surface area contributed by atoms with Crippen molar-refractivity contribution in [3.8, 4) is 0 Å². The molecule has 0 saturated heterocycles. The summed E-state index contributed by atoms with van der Waals surface area (Å²) in [6.45, 7) is 7.04. The Morgan fingerprint density at radius 1 is 1.53 bits per heavy atom. The first kappa shape index (κ1) is 14.4. The minimum absolute atomic E-state index is 0.0668. The maximum absolute atomic E-state index is 11.5. The van der Waals surface area contributed by atoms with Crippen LogP contribution >= 0.6 is 21.2 Å². The molecule has 1 N–H and O–H groups in total. The number of rotatable bonds is 3. The smallest absolute Gasteiger partial charge is 0.246 e. The van der Waals surface area contributed by atoms with Crippen LogP contribution in [-0.2, 0) is 11.8 Å². The number of halogens is 1. The molecule has 0 bridgehead atoms. The largest absolute Gasteiger partial charge is 0.346 e. The fraction of sp³-hybridized carbons (Fsp3) is 0.364. The molecule has 0 aromatic rings. The van der Waals surface area contributed by atoms with Crippen LogP contribution in [0.2, 0.25) is 0 Å². The van der Waals surface area contributed by atoms with Gasteiger partial charge in [0.1, 0.15) is 0 Å². The van der Waals surface area contributed by atoms with Crippen molar-refractivity contribution in [3.05, 3.63) is 35.3 Å². The minimum Gasteiger partial charge on any atom is -0.346 e. The van der Waals surface area contributed by atoms with Crippen molar-refractivity contribution in [2.45, 2.75) is 19.9 Å². The van der Waals surface area contributed by atoms with Crippen molar-refractivity contribution in [1.82, 2.24) is 5.32 Å². The van der Waals surface area contributed by atoms with Gasteiger partial charge in [-0.15, -0.1) is 0 Å². The van der Waals surface area contributed by atoms with Gasteiger partial charge in [-0.2, -0.15) is 0 Å². The minimum atomic E-state index is -3.21. The number of nitrogens with one attached hydrogen (secondary N) is 1. The molecule has 0 saturated carbocycles. The summed E-state index contributed by atoms with van der Waals surface area (Å²) >= 11 is 1.40. The maximum Gasteiger partial charge on any atom is 0.246 e. The fourth-order valence-electron chi connectivity index (χ4n) is 1.41. The quantitative estimate of drug-likeness (QED) is 0.471. The maximum atomic E-state index is 11.5. The van der Waals surface area contributed by atoms with Gasteiger partial charge in [-0.25, -0.2) is 8.42 Å². The van der Waals surface area contributed by atoms with Crippen LogP contribution in [0.1, 0.15) is 13.8 Å². The van der Waals surface area contributed by atoms with Crippen molar-refractivity contribution in [2.75, 3.05) is 0 Å². The van der Waals surface area contributed by atoms with Gasteiger partial charge in [0.15, 0.2) is 0 Å². The molecular weight excluding hydrogens is 353 g/mol. The molecule has 0 spiro atoms. The van der Waals surface area contributed by atoms with Crippen LogP contribution in [0.25, 0.3) is 0 Å². The molecule has 1 aliphatic carbocycles. The Kier molecular flexibility index (Phi) is 4.54. The van der Waals surface area contributed by atoms with E-state index in [-0.39, 0.29) is 22.8 Å². The lowest BCUT2D eigenvalue weighted by molar-refractivity contribution is -0.118. The van der Waals surface area contributed by atoms with Gasteiger partial charge >= 0.3 is 0 Å². The standard InChI is InChI=1S/C11H14INO3S/c1-7(2)11(14)13-10-5-4-9(6-8(10)3)17(12,15)16/h4-6,8,10H,1H2,2-3H3,(H,13,14). The predicted molar refractivity (Wildman–Crippen MR) is 76.1 cm³/mol. The van der Waals surface area contributed by atoms with E-state index in [4.69, 9.17) is 0 Å². The summed E-state index contributed by atoms with van der Waals surface area (Å²) < 4.78 is 22.7. The first-order valence-corrected chi connectivity index (χ1v) is 9.05. The molecule has 1 amide bonds. The molecule has 0 radical (unpaired) electrons. The lowest BCUT2D eigenvalue weighted by Crippen LogP contribution is -2.38. The van der Waals surface area contributed by atoms with Gasteiger partial charge in [0.2, 0.25) is 12.9 Å². The number of hydrogen-bond acceptors (Lipinski definition) is 3. The fourth-order valence-corrected chi connectivity index (χ4v) is 2.91. The van der Waals surface area contributed by atoms with Crippen LogP contribution in [0, 0.1) is 5.92 Å². The summed E-state index contributed by atoms with van der Waals surface area (Å²) in [7, 11) is -3.21. The topological polar surface area (TPSA) is 63.2 Å². The number of carbonyl (C=O) groups excluding carboxylic acids is 1. The third-order valence-corrected chi connectivity index (χ3v) is 4.79. The van der Waals surface area contributed by atoms with Gasteiger partial charge in [-0.05, 0) is 18.9 Å². The lowest BCUT2D eigenvalue weighted by atomic mass is 9.97. The van der Waals surface area contributed by atoms with Gasteiger partial charge in [-0.1, -0.05) is 25.7 Å². The molecular formula is C11H14INO3S. The SMILES string of the molecule is C=C(C)C(=O)NC1C=CC(S(=O)(=O)I)=CC1C. The highest BCUT2D eigenvalue weighted by molar-refractivity contribution is 14.2. The zero-order chi connectivity index (χ0) is 13.2. The average molecular weight is 367 g/mol. The second kappa shape index (κ2) is 5.34. The van der Waals surface area contributed by atoms with Crippen LogP contribution in [0.5, 0.6) is 0 Å². The van der Waals surface area contributed by atoms with Crippen molar-refractivity contribution in [3.63, 3.8) is 0 Å². The van der Waals surface area contributed by atoms with Crippen LogP contribution in [-0.4, -0.2) is 20.4 Å². The summed E-state index contributed by atoms with van der Waals surface area (Å²) in [6.07, 6.45) is 4.85. The zero-order valence-corrected chi connectivity index (χ0v) is 12.6. The summed E-state index contributed by atoms with van der Waals surface area (Å²) in [4.78, 5) is 11.7. The zero-order valence-electron chi connectivity index (χ0n) is 9.60. The number of carbonyl (C=O) groups is 1. The molecule has 2 unspecified atom stereocenters. The number of hydrogen-bond donors (Lipinski definition) is 1. The molecule has 0 fully saturated rings. The summed E-state index contributed by atoms with van der Waals surface area (Å²) in [5, 5.41) is 2.77. The van der Waals surface area contributed by atoms with E-state index in [0.29, 0.717) is 5.57 Å². The third-order valence-electron chi connectivity index (χ3n) is 2.43. The van der Waals surface area contributed by atoms with E-state index >= 15 is 0 Å². The Balaban J connectivity index is 2.81. The highest BCUT2D eigenvalue weighted by Crippen LogP contribution is 2.24. The van der Waals surface area contributed by atoms with E-state index in [1.165, 1.54) is 27.3 Å². The van der Waals surface area contributed by atoms with Crippen molar-refractivity contribution in [1.29, 1.82) is 0 Å². The highest BCUT2D eigenvalue weighted by Gasteiger charge is 2.22. The van der Waals surface area contributed by atoms with Crippen LogP contribution in [0.15, 0.2) is 35.3 Å².